The molecule has 0 radical (unpaired) electrons. The fourth-order valence-corrected chi connectivity index (χ4v) is 14.4. The molecule has 0 amide bonds. The van der Waals surface area contributed by atoms with Crippen molar-refractivity contribution in [1.82, 2.24) is 25.8 Å². The third-order valence-corrected chi connectivity index (χ3v) is 14.7. The lowest BCUT2D eigenvalue weighted by Gasteiger charge is -2.61. The third-order valence-electron chi connectivity index (χ3n) is 14.7. The van der Waals surface area contributed by atoms with Crippen LogP contribution in [0.4, 0.5) is 0 Å². The number of hydrogen-bond donors (Lipinski definition) is 5. The standard InChI is InChI=1S/C26H54N4.C25H45NO6/c1-23(2)17-21(18-24(3,4)27-23)29(9)15-13-11-12-14-16-30(10)22-19-25(5,6)28-26(7,8)20-22;1-20(2)11-21(3,4)13-24(12-20)29-10-17-19(32-24)18(16(28)9-27)31-25(30-17)14-22(5,6)26-23(7,8)15-25/h21-22,27-28H,11-20H2,1-10H3;16-19,26-28H,9-15H2,1-8H3. The SMILES string of the molecule is CC1(C)CC(C)(C)CC2(C1)OCC1OC3(CC(C)(C)NC(C)(C)C3)OC(C(O)CO)C1O2.CN(CCCCCCN(C)C1CC(C)(C)NC(C)(C)C1)C1CC(C)(C)NC(C)(C)C1. The molecule has 0 aromatic heterocycles. The van der Waals surface area contributed by atoms with Crippen LogP contribution >= 0.6 is 0 Å². The number of unbranched alkanes of at least 4 members (excludes halogenated alkanes) is 3. The van der Waals surface area contributed by atoms with Crippen LogP contribution in [0.3, 0.4) is 0 Å². The maximum atomic E-state index is 10.8. The molecule has 11 heteroatoms. The Labute approximate surface area is 380 Å². The molecule has 1 saturated carbocycles. The Morgan fingerprint density at radius 3 is 1.32 bits per heavy atom. The van der Waals surface area contributed by atoms with Gasteiger partial charge in [0.25, 0.3) is 0 Å². The minimum Gasteiger partial charge on any atom is -0.394 e. The van der Waals surface area contributed by atoms with Gasteiger partial charge in [-0.1, -0.05) is 40.5 Å². The molecule has 5 heterocycles. The van der Waals surface area contributed by atoms with Crippen LogP contribution in [0.15, 0.2) is 0 Å². The lowest BCUT2D eigenvalue weighted by atomic mass is 9.62. The molecule has 6 rings (SSSR count). The van der Waals surface area contributed by atoms with Crippen LogP contribution in [-0.4, -0.2) is 142 Å². The number of aliphatic hydroxyl groups excluding tert-OH is 2. The van der Waals surface area contributed by atoms with Crippen molar-refractivity contribution >= 4 is 0 Å². The first-order valence-electron chi connectivity index (χ1n) is 24.8. The Morgan fingerprint density at radius 2 is 0.919 bits per heavy atom. The summed E-state index contributed by atoms with van der Waals surface area (Å²) in [5, 5.41) is 32.0. The highest BCUT2D eigenvalue weighted by Gasteiger charge is 2.62. The molecule has 4 atom stereocenters. The van der Waals surface area contributed by atoms with E-state index in [0.29, 0.717) is 31.5 Å². The second-order valence-electron chi connectivity index (χ2n) is 27.1. The van der Waals surface area contributed by atoms with Crippen LogP contribution in [0.5, 0.6) is 0 Å². The number of fused-ring (bicyclic) bond motifs is 1. The van der Waals surface area contributed by atoms with Gasteiger partial charge in [0.2, 0.25) is 0 Å². The summed E-state index contributed by atoms with van der Waals surface area (Å²) < 4.78 is 26.4. The van der Waals surface area contributed by atoms with Gasteiger partial charge in [0, 0.05) is 71.0 Å². The van der Waals surface area contributed by atoms with Crippen molar-refractivity contribution in [2.45, 2.75) is 276 Å². The van der Waals surface area contributed by atoms with E-state index in [0.717, 1.165) is 19.3 Å². The summed E-state index contributed by atoms with van der Waals surface area (Å²) in [6.45, 7) is 38.9. The van der Waals surface area contributed by atoms with Crippen LogP contribution < -0.4 is 16.0 Å². The molecular formula is C51H99N5O6. The van der Waals surface area contributed by atoms with Crippen LogP contribution in [0.1, 0.15) is 194 Å². The molecule has 1 aliphatic carbocycles. The summed E-state index contributed by atoms with van der Waals surface area (Å²) in [5.74, 6) is -1.60. The highest BCUT2D eigenvalue weighted by atomic mass is 16.8. The molecule has 5 N–H and O–H groups in total. The molecule has 2 spiro atoms. The largest absolute Gasteiger partial charge is 0.394 e. The minimum atomic E-state index is -1.05. The van der Waals surface area contributed by atoms with Crippen molar-refractivity contribution in [2.75, 3.05) is 40.4 Å². The Kier molecular flexibility index (Phi) is 15.7. The Hall–Kier alpha value is -0.440. The van der Waals surface area contributed by atoms with E-state index >= 15 is 0 Å². The first kappa shape index (κ1) is 52.5. The lowest BCUT2D eigenvalue weighted by molar-refractivity contribution is -0.445. The molecular weight excluding hydrogens is 779 g/mol. The number of hydrogen-bond acceptors (Lipinski definition) is 11. The van der Waals surface area contributed by atoms with Gasteiger partial charge in [-0.3, -0.25) is 0 Å². The number of rotatable bonds is 11. The van der Waals surface area contributed by atoms with Crippen molar-refractivity contribution in [3.05, 3.63) is 0 Å². The molecule has 364 valence electrons. The second kappa shape index (κ2) is 18.6. The van der Waals surface area contributed by atoms with Crippen LogP contribution in [-0.2, 0) is 18.9 Å². The van der Waals surface area contributed by atoms with E-state index in [-0.39, 0.29) is 56.8 Å². The third kappa shape index (κ3) is 14.3. The van der Waals surface area contributed by atoms with Gasteiger partial charge >= 0.3 is 0 Å². The molecule has 6 aliphatic rings. The van der Waals surface area contributed by atoms with Crippen molar-refractivity contribution in [2.24, 2.45) is 10.8 Å². The van der Waals surface area contributed by atoms with Crippen molar-refractivity contribution in [3.8, 4) is 0 Å². The van der Waals surface area contributed by atoms with E-state index in [2.05, 4.69) is 151 Å². The summed E-state index contributed by atoms with van der Waals surface area (Å²) in [6, 6.07) is 1.41. The van der Waals surface area contributed by atoms with Crippen molar-refractivity contribution in [3.63, 3.8) is 0 Å². The monoisotopic (exact) mass is 878 g/mol. The van der Waals surface area contributed by atoms with Gasteiger partial charge in [0.1, 0.15) is 24.4 Å². The van der Waals surface area contributed by atoms with E-state index < -0.39 is 29.9 Å². The predicted octanol–water partition coefficient (Wildman–Crippen LogP) is 8.14. The van der Waals surface area contributed by atoms with Gasteiger partial charge in [-0.2, -0.15) is 0 Å². The second-order valence-corrected chi connectivity index (χ2v) is 27.1. The summed E-state index contributed by atoms with van der Waals surface area (Å²) >= 11 is 0. The molecule has 4 unspecified atom stereocenters. The summed E-state index contributed by atoms with van der Waals surface area (Å²) in [6.07, 6.45) is 11.7. The molecule has 0 aromatic carbocycles. The minimum absolute atomic E-state index is 0.0698. The van der Waals surface area contributed by atoms with Crippen LogP contribution in [0.25, 0.3) is 0 Å². The summed E-state index contributed by atoms with van der Waals surface area (Å²) in [4.78, 5) is 5.27. The molecule has 5 saturated heterocycles. The van der Waals surface area contributed by atoms with Gasteiger partial charge < -0.3 is 54.9 Å². The van der Waals surface area contributed by atoms with Crippen LogP contribution in [0, 0.1) is 10.8 Å². The van der Waals surface area contributed by atoms with Crippen LogP contribution in [0.2, 0.25) is 0 Å². The number of aliphatic hydroxyl groups is 2. The normalized spacial score (nSPS) is 33.1. The zero-order valence-electron chi connectivity index (χ0n) is 43.4. The quantitative estimate of drug-likeness (QED) is 0.130. The molecule has 6 fully saturated rings. The Balaban J connectivity index is 0.000000235. The van der Waals surface area contributed by atoms with Crippen molar-refractivity contribution in [1.29, 1.82) is 0 Å². The highest BCUT2D eigenvalue weighted by molar-refractivity contribution is 5.08. The van der Waals surface area contributed by atoms with Crippen molar-refractivity contribution < 1.29 is 29.2 Å². The van der Waals surface area contributed by atoms with E-state index in [4.69, 9.17) is 18.9 Å². The smallest absolute Gasteiger partial charge is 0.173 e. The van der Waals surface area contributed by atoms with Gasteiger partial charge in [-0.25, -0.2) is 0 Å². The van der Waals surface area contributed by atoms with E-state index in [1.165, 1.54) is 64.5 Å². The number of nitrogens with one attached hydrogen (secondary N) is 3. The number of nitrogens with zero attached hydrogens (tertiary/aromatic N) is 2. The maximum absolute atomic E-state index is 10.8. The fraction of sp³-hybridized carbons (Fsp3) is 1.00. The van der Waals surface area contributed by atoms with E-state index in [1.807, 2.05) is 0 Å². The number of ether oxygens (including phenoxy) is 4. The average molecular weight is 878 g/mol. The zero-order chi connectivity index (χ0) is 46.6. The molecule has 0 bridgehead atoms. The lowest BCUT2D eigenvalue weighted by Crippen LogP contribution is -2.73. The van der Waals surface area contributed by atoms with Gasteiger partial charge in [-0.05, 0) is 166 Å². The molecule has 62 heavy (non-hydrogen) atoms. The fourth-order valence-electron chi connectivity index (χ4n) is 14.4. The Bertz CT molecular complexity index is 1360. The number of piperidine rings is 3. The average Bonchev–Trinajstić information content (AvgIpc) is 3.03. The zero-order valence-corrected chi connectivity index (χ0v) is 43.4. The summed E-state index contributed by atoms with van der Waals surface area (Å²) in [5.41, 5.74) is 0.676. The molecule has 0 aromatic rings. The molecule has 5 aliphatic heterocycles. The molecule has 11 nitrogen and oxygen atoms in total. The maximum Gasteiger partial charge on any atom is 0.173 e. The predicted molar refractivity (Wildman–Crippen MR) is 253 cm³/mol. The van der Waals surface area contributed by atoms with E-state index in [9.17, 15) is 10.2 Å². The highest BCUT2D eigenvalue weighted by Crippen LogP contribution is 2.55. The van der Waals surface area contributed by atoms with E-state index in [1.54, 1.807) is 0 Å². The van der Waals surface area contributed by atoms with Gasteiger partial charge in [-0.15, -0.1) is 0 Å². The Morgan fingerprint density at radius 1 is 0.516 bits per heavy atom. The summed E-state index contributed by atoms with van der Waals surface area (Å²) in [7, 11) is 4.69. The van der Waals surface area contributed by atoms with Gasteiger partial charge in [0.15, 0.2) is 11.6 Å². The first-order valence-corrected chi connectivity index (χ1v) is 24.8. The topological polar surface area (TPSA) is 120 Å². The van der Waals surface area contributed by atoms with Gasteiger partial charge in [0.05, 0.1) is 13.2 Å². The first-order chi connectivity index (χ1) is 28.1.